The van der Waals surface area contributed by atoms with E-state index in [0.717, 1.165) is 36.1 Å². The minimum atomic E-state index is -0.756. The zero-order valence-corrected chi connectivity index (χ0v) is 16.1. The first-order chi connectivity index (χ1) is 13.5. The highest BCUT2D eigenvalue weighted by atomic mass is 32.1. The Morgan fingerprint density at radius 1 is 1.32 bits per heavy atom. The summed E-state index contributed by atoms with van der Waals surface area (Å²) >= 11 is 1.58. The highest BCUT2D eigenvalue weighted by Gasteiger charge is 2.23. The normalized spacial score (nSPS) is 14.9. The zero-order valence-electron chi connectivity index (χ0n) is 15.3. The van der Waals surface area contributed by atoms with Gasteiger partial charge in [-0.2, -0.15) is 5.10 Å². The molecule has 8 heteroatoms. The first-order valence-electron chi connectivity index (χ1n) is 9.14. The molecule has 144 valence electrons. The lowest BCUT2D eigenvalue weighted by atomic mass is 9.97. The molecule has 1 atom stereocenters. The number of hydrogen-bond donors (Lipinski definition) is 1. The molecule has 2 heterocycles. The lowest BCUT2D eigenvalue weighted by molar-refractivity contribution is -0.123. The number of halogens is 1. The van der Waals surface area contributed by atoms with Gasteiger partial charge in [0.2, 0.25) is 0 Å². The van der Waals surface area contributed by atoms with E-state index >= 15 is 0 Å². The van der Waals surface area contributed by atoms with Crippen molar-refractivity contribution in [3.8, 4) is 0 Å². The smallest absolute Gasteiger partial charge is 0.263 e. The van der Waals surface area contributed by atoms with E-state index in [1.165, 1.54) is 34.1 Å². The molecule has 0 saturated carbocycles. The van der Waals surface area contributed by atoms with Gasteiger partial charge in [0.15, 0.2) is 0 Å². The molecular formula is C20H19FN4O2S. The summed E-state index contributed by atoms with van der Waals surface area (Å²) in [7, 11) is 0. The van der Waals surface area contributed by atoms with E-state index in [9.17, 15) is 14.0 Å². The first kappa shape index (κ1) is 18.5. The maximum atomic E-state index is 13.0. The number of aryl methyl sites for hydroxylation is 2. The molecule has 1 N–H and O–H groups in total. The van der Waals surface area contributed by atoms with E-state index in [2.05, 4.69) is 15.5 Å². The molecule has 0 bridgehead atoms. The number of nitrogens with zero attached hydrogens (tertiary/aromatic N) is 3. The minimum absolute atomic E-state index is 0.186. The van der Waals surface area contributed by atoms with E-state index in [4.69, 9.17) is 0 Å². The third-order valence-corrected chi connectivity index (χ3v) is 6.16. The molecule has 0 radical (unpaired) electrons. The van der Waals surface area contributed by atoms with Crippen molar-refractivity contribution in [2.24, 2.45) is 5.10 Å². The Hall–Kier alpha value is -2.87. The molecule has 28 heavy (non-hydrogen) atoms. The van der Waals surface area contributed by atoms with Crippen LogP contribution in [0.3, 0.4) is 0 Å². The third-order valence-electron chi connectivity index (χ3n) is 4.96. The molecule has 0 fully saturated rings. The fourth-order valence-corrected chi connectivity index (χ4v) is 4.59. The molecule has 0 aliphatic heterocycles. The summed E-state index contributed by atoms with van der Waals surface area (Å²) in [6.45, 7) is 1.64. The SMILES string of the molecule is C[C@@H](C(=O)NN=Cc1ccc(F)cc1)n1cnc2sc3c(c2c1=O)CCCC3. The van der Waals surface area contributed by atoms with Gasteiger partial charge in [-0.15, -0.1) is 11.3 Å². The van der Waals surface area contributed by atoms with Gasteiger partial charge in [-0.25, -0.2) is 14.8 Å². The molecule has 0 unspecified atom stereocenters. The molecule has 4 rings (SSSR count). The van der Waals surface area contributed by atoms with Gasteiger partial charge in [0.1, 0.15) is 16.7 Å². The second kappa shape index (κ2) is 7.63. The number of carbonyl (C=O) groups excluding carboxylic acids is 1. The molecule has 1 aromatic carbocycles. The number of fused-ring (bicyclic) bond motifs is 3. The topological polar surface area (TPSA) is 76.3 Å². The van der Waals surface area contributed by atoms with Crippen molar-refractivity contribution < 1.29 is 9.18 Å². The zero-order chi connectivity index (χ0) is 19.7. The molecular weight excluding hydrogens is 379 g/mol. The lowest BCUT2D eigenvalue weighted by Gasteiger charge is -2.14. The third kappa shape index (κ3) is 3.47. The number of amides is 1. The Bertz CT molecular complexity index is 1120. The van der Waals surface area contributed by atoms with Gasteiger partial charge in [0.25, 0.3) is 11.5 Å². The van der Waals surface area contributed by atoms with Crippen molar-refractivity contribution in [1.82, 2.24) is 15.0 Å². The summed E-state index contributed by atoms with van der Waals surface area (Å²) in [4.78, 5) is 31.8. The Morgan fingerprint density at radius 2 is 2.07 bits per heavy atom. The second-order valence-corrected chi connectivity index (χ2v) is 7.89. The van der Waals surface area contributed by atoms with E-state index in [-0.39, 0.29) is 11.4 Å². The van der Waals surface area contributed by atoms with E-state index in [0.29, 0.717) is 10.9 Å². The molecule has 1 aliphatic carbocycles. The number of aromatic nitrogens is 2. The van der Waals surface area contributed by atoms with Crippen molar-refractivity contribution in [3.05, 3.63) is 62.8 Å². The predicted molar refractivity (Wildman–Crippen MR) is 107 cm³/mol. The van der Waals surface area contributed by atoms with Crippen LogP contribution in [0.2, 0.25) is 0 Å². The van der Waals surface area contributed by atoms with Crippen molar-refractivity contribution in [3.63, 3.8) is 0 Å². The number of thiophene rings is 1. The van der Waals surface area contributed by atoms with Gasteiger partial charge in [-0.3, -0.25) is 14.2 Å². The van der Waals surface area contributed by atoms with Crippen LogP contribution in [0.25, 0.3) is 10.2 Å². The van der Waals surface area contributed by atoms with Gasteiger partial charge < -0.3 is 0 Å². The average molecular weight is 398 g/mol. The van der Waals surface area contributed by atoms with E-state index in [1.807, 2.05) is 0 Å². The largest absolute Gasteiger partial charge is 0.286 e. The van der Waals surface area contributed by atoms with Crippen LogP contribution >= 0.6 is 11.3 Å². The van der Waals surface area contributed by atoms with Crippen LogP contribution in [0.5, 0.6) is 0 Å². The molecule has 0 saturated heterocycles. The van der Waals surface area contributed by atoms with E-state index in [1.54, 1.807) is 30.4 Å². The van der Waals surface area contributed by atoms with Crippen molar-refractivity contribution in [2.75, 3.05) is 0 Å². The van der Waals surface area contributed by atoms with Crippen LogP contribution in [0, 0.1) is 5.82 Å². The highest BCUT2D eigenvalue weighted by molar-refractivity contribution is 7.18. The fraction of sp³-hybridized carbons (Fsp3) is 0.300. The lowest BCUT2D eigenvalue weighted by Crippen LogP contribution is -2.34. The summed E-state index contributed by atoms with van der Waals surface area (Å²) in [5, 5.41) is 4.54. The Balaban J connectivity index is 1.55. The van der Waals surface area contributed by atoms with Crippen LogP contribution < -0.4 is 11.0 Å². The van der Waals surface area contributed by atoms with Gasteiger partial charge in [-0.1, -0.05) is 12.1 Å². The summed E-state index contributed by atoms with van der Waals surface area (Å²) in [5.74, 6) is -0.765. The number of nitrogens with one attached hydrogen (secondary N) is 1. The Kier molecular flexibility index (Phi) is 5.04. The number of benzene rings is 1. The summed E-state index contributed by atoms with van der Waals surface area (Å²) < 4.78 is 14.3. The monoisotopic (exact) mass is 398 g/mol. The summed E-state index contributed by atoms with van der Waals surface area (Å²) in [5.41, 5.74) is 3.99. The second-order valence-electron chi connectivity index (χ2n) is 6.81. The number of hydrogen-bond acceptors (Lipinski definition) is 5. The van der Waals surface area contributed by atoms with Crippen LogP contribution in [0.15, 0.2) is 40.5 Å². The molecule has 0 spiro atoms. The maximum Gasteiger partial charge on any atom is 0.263 e. The molecule has 2 aromatic heterocycles. The summed E-state index contributed by atoms with van der Waals surface area (Å²) in [6.07, 6.45) is 6.94. The van der Waals surface area contributed by atoms with Crippen LogP contribution in [-0.2, 0) is 17.6 Å². The van der Waals surface area contributed by atoms with Crippen LogP contribution in [0.4, 0.5) is 4.39 Å². The van der Waals surface area contributed by atoms with Crippen molar-refractivity contribution in [2.45, 2.75) is 38.6 Å². The fourth-order valence-electron chi connectivity index (χ4n) is 3.37. The van der Waals surface area contributed by atoms with E-state index < -0.39 is 11.9 Å². The Morgan fingerprint density at radius 3 is 2.86 bits per heavy atom. The molecule has 3 aromatic rings. The van der Waals surface area contributed by atoms with Gasteiger partial charge in [0.05, 0.1) is 17.9 Å². The first-order valence-corrected chi connectivity index (χ1v) is 9.96. The van der Waals surface area contributed by atoms with Crippen molar-refractivity contribution >= 4 is 33.7 Å². The predicted octanol–water partition coefficient (Wildman–Crippen LogP) is 3.19. The summed E-state index contributed by atoms with van der Waals surface area (Å²) in [6, 6.07) is 4.98. The van der Waals surface area contributed by atoms with Gasteiger partial charge >= 0.3 is 0 Å². The Labute approximate surface area is 164 Å². The quantitative estimate of drug-likeness (QED) is 0.542. The standard InChI is InChI=1S/C20H19FN4O2S/c1-12(18(26)24-23-10-13-6-8-14(21)9-7-13)25-11-22-19-17(20(25)27)15-4-2-3-5-16(15)28-19/h6-12H,2-5H2,1H3,(H,24,26)/t12-/m0/s1. The minimum Gasteiger partial charge on any atom is -0.286 e. The molecule has 1 amide bonds. The number of carbonyl (C=O) groups is 1. The van der Waals surface area contributed by atoms with Crippen LogP contribution in [0.1, 0.15) is 41.8 Å². The van der Waals surface area contributed by atoms with Gasteiger partial charge in [0, 0.05) is 4.88 Å². The van der Waals surface area contributed by atoms with Crippen LogP contribution in [-0.4, -0.2) is 21.7 Å². The average Bonchev–Trinajstić information content (AvgIpc) is 3.08. The highest BCUT2D eigenvalue weighted by Crippen LogP contribution is 2.33. The maximum absolute atomic E-state index is 13.0. The molecule has 1 aliphatic rings. The molecule has 6 nitrogen and oxygen atoms in total. The van der Waals surface area contributed by atoms with Crippen molar-refractivity contribution in [1.29, 1.82) is 0 Å². The number of rotatable bonds is 4. The number of hydrazone groups is 1. The van der Waals surface area contributed by atoms with Gasteiger partial charge in [-0.05, 0) is 55.9 Å².